The van der Waals surface area contributed by atoms with Gasteiger partial charge in [0.05, 0.1) is 11.4 Å². The fraction of sp³-hybridized carbons (Fsp3) is 0.438. The van der Waals surface area contributed by atoms with Gasteiger partial charge in [-0.3, -0.25) is 0 Å². The maximum Gasteiger partial charge on any atom is 0.133 e. The molecule has 1 aromatic heterocycles. The van der Waals surface area contributed by atoms with Crippen LogP contribution < -0.4 is 0 Å². The Labute approximate surface area is 119 Å². The summed E-state index contributed by atoms with van der Waals surface area (Å²) in [7, 11) is 0. The molecule has 0 unspecified atom stereocenters. The Bertz CT molecular complexity index is 595. The van der Waals surface area contributed by atoms with E-state index in [1.54, 1.807) is 0 Å². The fourth-order valence-electron chi connectivity index (χ4n) is 2.91. The summed E-state index contributed by atoms with van der Waals surface area (Å²) >= 11 is 6.38. The van der Waals surface area contributed by atoms with Crippen molar-refractivity contribution in [2.75, 3.05) is 0 Å². The van der Waals surface area contributed by atoms with Gasteiger partial charge in [-0.05, 0) is 49.9 Å². The number of aromatic nitrogens is 2. The summed E-state index contributed by atoms with van der Waals surface area (Å²) in [6.45, 7) is 4.19. The first kappa shape index (κ1) is 12.7. The first-order chi connectivity index (χ1) is 9.15. The van der Waals surface area contributed by atoms with Crippen molar-refractivity contribution in [3.05, 3.63) is 46.2 Å². The highest BCUT2D eigenvalue weighted by atomic mass is 35.5. The van der Waals surface area contributed by atoms with Crippen LogP contribution in [0.2, 0.25) is 5.15 Å². The minimum absolute atomic E-state index is 0.601. The minimum atomic E-state index is 0.601. The molecule has 2 nitrogen and oxygen atoms in total. The lowest BCUT2D eigenvalue weighted by Gasteiger charge is -2.09. The van der Waals surface area contributed by atoms with Crippen molar-refractivity contribution in [2.24, 2.45) is 0 Å². The van der Waals surface area contributed by atoms with Gasteiger partial charge in [-0.25, -0.2) is 4.68 Å². The minimum Gasteiger partial charge on any atom is -0.222 e. The molecule has 0 atom stereocenters. The molecule has 1 aromatic carbocycles. The zero-order chi connectivity index (χ0) is 13.4. The Balaban J connectivity index is 2.02. The second kappa shape index (κ2) is 5.01. The van der Waals surface area contributed by atoms with Crippen LogP contribution in [0.1, 0.15) is 48.4 Å². The van der Waals surface area contributed by atoms with Gasteiger partial charge in [0.25, 0.3) is 0 Å². The molecule has 1 heterocycles. The second-order valence-corrected chi connectivity index (χ2v) is 5.96. The van der Waals surface area contributed by atoms with E-state index in [9.17, 15) is 0 Å². The van der Waals surface area contributed by atoms with Crippen molar-refractivity contribution in [1.82, 2.24) is 9.78 Å². The van der Waals surface area contributed by atoms with Crippen LogP contribution in [0.25, 0.3) is 5.69 Å². The molecule has 0 radical (unpaired) electrons. The predicted octanol–water partition coefficient (Wildman–Crippen LogP) is 4.80. The van der Waals surface area contributed by atoms with E-state index in [1.807, 2.05) is 10.7 Å². The van der Waals surface area contributed by atoms with Gasteiger partial charge in [0, 0.05) is 5.92 Å². The van der Waals surface area contributed by atoms with Crippen LogP contribution in [-0.4, -0.2) is 9.78 Å². The number of rotatable bonds is 2. The Hall–Kier alpha value is -1.28. The third kappa shape index (κ3) is 2.42. The third-order valence-electron chi connectivity index (χ3n) is 4.05. The molecular formula is C16H19ClN2. The molecule has 0 aliphatic heterocycles. The van der Waals surface area contributed by atoms with E-state index in [0.29, 0.717) is 5.92 Å². The van der Waals surface area contributed by atoms with Crippen molar-refractivity contribution >= 4 is 11.6 Å². The van der Waals surface area contributed by atoms with E-state index in [-0.39, 0.29) is 0 Å². The Morgan fingerprint density at radius 2 is 1.89 bits per heavy atom. The van der Waals surface area contributed by atoms with Crippen molar-refractivity contribution in [1.29, 1.82) is 0 Å². The van der Waals surface area contributed by atoms with E-state index < -0.39 is 0 Å². The Morgan fingerprint density at radius 3 is 2.63 bits per heavy atom. The van der Waals surface area contributed by atoms with Gasteiger partial charge < -0.3 is 0 Å². The Morgan fingerprint density at radius 1 is 1.16 bits per heavy atom. The quantitative estimate of drug-likeness (QED) is 0.769. The number of benzene rings is 1. The molecule has 0 N–H and O–H groups in total. The van der Waals surface area contributed by atoms with E-state index >= 15 is 0 Å². The van der Waals surface area contributed by atoms with Crippen molar-refractivity contribution < 1.29 is 0 Å². The third-order valence-corrected chi connectivity index (χ3v) is 4.32. The molecule has 2 aromatic rings. The molecule has 1 saturated carbocycles. The molecule has 1 aliphatic rings. The number of halogens is 1. The predicted molar refractivity (Wildman–Crippen MR) is 79.3 cm³/mol. The smallest absolute Gasteiger partial charge is 0.133 e. The molecule has 1 fully saturated rings. The van der Waals surface area contributed by atoms with E-state index in [0.717, 1.165) is 16.5 Å². The summed E-state index contributed by atoms with van der Waals surface area (Å²) in [5.74, 6) is 0.601. The molecule has 3 heteroatoms. The molecule has 19 heavy (non-hydrogen) atoms. The van der Waals surface area contributed by atoms with Crippen molar-refractivity contribution in [3.63, 3.8) is 0 Å². The fourth-order valence-corrected chi connectivity index (χ4v) is 3.15. The van der Waals surface area contributed by atoms with Crippen LogP contribution in [0.15, 0.2) is 24.3 Å². The zero-order valence-electron chi connectivity index (χ0n) is 11.5. The average Bonchev–Trinajstić information content (AvgIpc) is 3.01. The summed E-state index contributed by atoms with van der Waals surface area (Å²) in [4.78, 5) is 0. The van der Waals surface area contributed by atoms with Gasteiger partial charge in [0.2, 0.25) is 0 Å². The van der Waals surface area contributed by atoms with Gasteiger partial charge in [-0.2, -0.15) is 5.10 Å². The molecule has 1 aliphatic carbocycles. The lowest BCUT2D eigenvalue weighted by molar-refractivity contribution is 0.678. The van der Waals surface area contributed by atoms with Gasteiger partial charge in [-0.15, -0.1) is 0 Å². The lowest BCUT2D eigenvalue weighted by Crippen LogP contribution is -2.02. The average molecular weight is 275 g/mol. The maximum absolute atomic E-state index is 6.38. The monoisotopic (exact) mass is 274 g/mol. The highest BCUT2D eigenvalue weighted by Gasteiger charge is 2.21. The van der Waals surface area contributed by atoms with Crippen LogP contribution in [-0.2, 0) is 0 Å². The van der Waals surface area contributed by atoms with E-state index in [1.165, 1.54) is 36.8 Å². The first-order valence-corrected chi connectivity index (χ1v) is 7.36. The molecule has 0 spiro atoms. The van der Waals surface area contributed by atoms with Crippen LogP contribution in [0, 0.1) is 13.8 Å². The van der Waals surface area contributed by atoms with E-state index in [2.05, 4.69) is 32.0 Å². The number of hydrogen-bond acceptors (Lipinski definition) is 1. The van der Waals surface area contributed by atoms with E-state index in [4.69, 9.17) is 16.7 Å². The molecule has 100 valence electrons. The van der Waals surface area contributed by atoms with Crippen LogP contribution >= 0.6 is 11.6 Å². The van der Waals surface area contributed by atoms with Gasteiger partial charge >= 0.3 is 0 Å². The zero-order valence-corrected chi connectivity index (χ0v) is 12.2. The lowest BCUT2D eigenvalue weighted by atomic mass is 10.1. The largest absolute Gasteiger partial charge is 0.222 e. The van der Waals surface area contributed by atoms with Crippen LogP contribution in [0.5, 0.6) is 0 Å². The molecular weight excluding hydrogens is 256 g/mol. The first-order valence-electron chi connectivity index (χ1n) is 6.98. The molecule has 3 rings (SSSR count). The normalized spacial score (nSPS) is 16.2. The summed E-state index contributed by atoms with van der Waals surface area (Å²) in [5.41, 5.74) is 4.68. The highest BCUT2D eigenvalue weighted by Crippen LogP contribution is 2.35. The van der Waals surface area contributed by atoms with Crippen LogP contribution in [0.3, 0.4) is 0 Å². The van der Waals surface area contributed by atoms with Gasteiger partial charge in [-0.1, -0.05) is 36.6 Å². The second-order valence-electron chi connectivity index (χ2n) is 5.58. The number of aryl methyl sites for hydroxylation is 2. The number of hydrogen-bond donors (Lipinski definition) is 0. The SMILES string of the molecule is Cc1ccc(C)c(-n2nc(C3CCCC3)cc2Cl)c1. The summed E-state index contributed by atoms with van der Waals surface area (Å²) in [5, 5.41) is 5.47. The van der Waals surface area contributed by atoms with Crippen molar-refractivity contribution in [2.45, 2.75) is 45.4 Å². The van der Waals surface area contributed by atoms with Crippen molar-refractivity contribution in [3.8, 4) is 5.69 Å². The molecule has 0 bridgehead atoms. The van der Waals surface area contributed by atoms with Gasteiger partial charge in [0.1, 0.15) is 5.15 Å². The summed E-state index contributed by atoms with van der Waals surface area (Å²) in [6.07, 6.45) is 5.14. The molecule has 0 saturated heterocycles. The maximum atomic E-state index is 6.38. The standard InChI is InChI=1S/C16H19ClN2/c1-11-7-8-12(2)15(9-11)19-16(17)10-14(18-19)13-5-3-4-6-13/h7-10,13H,3-6H2,1-2H3. The number of nitrogens with zero attached hydrogens (tertiary/aromatic N) is 2. The van der Waals surface area contributed by atoms with Crippen LogP contribution in [0.4, 0.5) is 0 Å². The topological polar surface area (TPSA) is 17.8 Å². The Kier molecular flexibility index (Phi) is 3.36. The summed E-state index contributed by atoms with van der Waals surface area (Å²) in [6, 6.07) is 8.43. The van der Waals surface area contributed by atoms with Gasteiger partial charge in [0.15, 0.2) is 0 Å². The highest BCUT2D eigenvalue weighted by molar-refractivity contribution is 6.29. The summed E-state index contributed by atoms with van der Waals surface area (Å²) < 4.78 is 1.89. The molecule has 0 amide bonds.